The minimum Gasteiger partial charge on any atom is -0.496 e. The van der Waals surface area contributed by atoms with E-state index in [1.807, 2.05) is 31.2 Å². The van der Waals surface area contributed by atoms with Crippen LogP contribution in [0, 0.1) is 6.92 Å². The Labute approximate surface area is 111 Å². The highest BCUT2D eigenvalue weighted by molar-refractivity contribution is 6.33. The summed E-state index contributed by atoms with van der Waals surface area (Å²) in [6.45, 7) is 2.02. The molecule has 2 nitrogen and oxygen atoms in total. The third kappa shape index (κ3) is 2.39. The Morgan fingerprint density at radius 1 is 1.17 bits per heavy atom. The number of methoxy groups -OCH3 is 1. The molecule has 2 aromatic rings. The topological polar surface area (TPSA) is 26.3 Å². The second-order valence-corrected chi connectivity index (χ2v) is 4.47. The van der Waals surface area contributed by atoms with E-state index in [-0.39, 0.29) is 0 Å². The maximum absolute atomic E-state index is 10.7. The molecule has 92 valence electrons. The van der Waals surface area contributed by atoms with Gasteiger partial charge in [0.05, 0.1) is 12.1 Å². The van der Waals surface area contributed by atoms with Gasteiger partial charge in [-0.1, -0.05) is 29.3 Å². The van der Waals surface area contributed by atoms with Crippen molar-refractivity contribution in [1.29, 1.82) is 0 Å². The Morgan fingerprint density at radius 3 is 2.56 bits per heavy atom. The molecule has 0 aliphatic rings. The molecule has 18 heavy (non-hydrogen) atoms. The van der Waals surface area contributed by atoms with Crippen LogP contribution in [0.1, 0.15) is 15.9 Å². The first-order valence-corrected chi connectivity index (χ1v) is 5.93. The summed E-state index contributed by atoms with van der Waals surface area (Å²) in [6, 6.07) is 11.3. The van der Waals surface area contributed by atoms with Crippen LogP contribution in [0.2, 0.25) is 5.02 Å². The highest BCUT2D eigenvalue weighted by atomic mass is 35.5. The zero-order valence-corrected chi connectivity index (χ0v) is 11.0. The molecular weight excluding hydrogens is 248 g/mol. The minimum atomic E-state index is 0.450. The van der Waals surface area contributed by atoms with Crippen LogP contribution in [0.5, 0.6) is 5.75 Å². The first-order valence-electron chi connectivity index (χ1n) is 5.55. The summed E-state index contributed by atoms with van der Waals surface area (Å²) in [6.07, 6.45) is 0.750. The van der Waals surface area contributed by atoms with Crippen LogP contribution in [0.15, 0.2) is 36.4 Å². The van der Waals surface area contributed by atoms with Crippen LogP contribution in [0.4, 0.5) is 0 Å². The number of rotatable bonds is 3. The number of carbonyl (C=O) groups is 1. The number of hydrogen-bond acceptors (Lipinski definition) is 2. The fourth-order valence-corrected chi connectivity index (χ4v) is 2.06. The average molecular weight is 261 g/mol. The zero-order valence-electron chi connectivity index (χ0n) is 10.2. The van der Waals surface area contributed by atoms with Crippen LogP contribution in [-0.4, -0.2) is 13.4 Å². The average Bonchev–Trinajstić information content (AvgIpc) is 2.38. The Balaban J connectivity index is 2.57. The SMILES string of the molecule is COc1ccc(C)cc1-c1ccc(C=O)c(Cl)c1. The molecule has 0 aliphatic carbocycles. The number of hydrogen-bond donors (Lipinski definition) is 0. The highest BCUT2D eigenvalue weighted by Crippen LogP contribution is 2.32. The predicted molar refractivity (Wildman–Crippen MR) is 73.6 cm³/mol. The van der Waals surface area contributed by atoms with Crippen LogP contribution >= 0.6 is 11.6 Å². The second kappa shape index (κ2) is 5.23. The van der Waals surface area contributed by atoms with E-state index in [1.165, 1.54) is 0 Å². The van der Waals surface area contributed by atoms with E-state index in [0.29, 0.717) is 10.6 Å². The van der Waals surface area contributed by atoms with E-state index in [4.69, 9.17) is 16.3 Å². The molecule has 0 fully saturated rings. The molecule has 0 N–H and O–H groups in total. The largest absolute Gasteiger partial charge is 0.496 e. The van der Waals surface area contributed by atoms with Crippen molar-refractivity contribution in [1.82, 2.24) is 0 Å². The Bertz CT molecular complexity index is 591. The first kappa shape index (κ1) is 12.7. The van der Waals surface area contributed by atoms with Gasteiger partial charge in [-0.05, 0) is 36.8 Å². The maximum atomic E-state index is 10.7. The quantitative estimate of drug-likeness (QED) is 0.776. The smallest absolute Gasteiger partial charge is 0.151 e. The molecule has 0 bridgehead atoms. The summed E-state index contributed by atoms with van der Waals surface area (Å²) < 4.78 is 5.34. The van der Waals surface area contributed by atoms with Crippen LogP contribution < -0.4 is 4.74 Å². The molecule has 0 atom stereocenters. The van der Waals surface area contributed by atoms with Gasteiger partial charge >= 0.3 is 0 Å². The van der Waals surface area contributed by atoms with Gasteiger partial charge in [0.2, 0.25) is 0 Å². The molecule has 3 heteroatoms. The van der Waals surface area contributed by atoms with Crippen LogP contribution in [0.25, 0.3) is 11.1 Å². The Morgan fingerprint density at radius 2 is 1.94 bits per heavy atom. The normalized spacial score (nSPS) is 10.2. The molecular formula is C15H13ClO2. The van der Waals surface area contributed by atoms with Crippen molar-refractivity contribution < 1.29 is 9.53 Å². The maximum Gasteiger partial charge on any atom is 0.151 e. The van der Waals surface area contributed by atoms with Crippen molar-refractivity contribution in [3.05, 3.63) is 52.5 Å². The first-order chi connectivity index (χ1) is 8.65. The van der Waals surface area contributed by atoms with Gasteiger partial charge in [-0.2, -0.15) is 0 Å². The van der Waals surface area contributed by atoms with E-state index >= 15 is 0 Å². The van der Waals surface area contributed by atoms with Gasteiger partial charge in [0.25, 0.3) is 0 Å². The number of aldehydes is 1. The van der Waals surface area contributed by atoms with Gasteiger partial charge in [-0.3, -0.25) is 4.79 Å². The van der Waals surface area contributed by atoms with Crippen molar-refractivity contribution in [2.24, 2.45) is 0 Å². The lowest BCUT2D eigenvalue weighted by molar-refractivity contribution is 0.112. The summed E-state index contributed by atoms with van der Waals surface area (Å²) in [4.78, 5) is 10.7. The van der Waals surface area contributed by atoms with Crippen LogP contribution in [-0.2, 0) is 0 Å². The lowest BCUT2D eigenvalue weighted by Crippen LogP contribution is -1.90. The lowest BCUT2D eigenvalue weighted by atomic mass is 10.0. The summed E-state index contributed by atoms with van der Waals surface area (Å²) in [5, 5.41) is 0.450. The van der Waals surface area contributed by atoms with Crippen molar-refractivity contribution >= 4 is 17.9 Å². The Hall–Kier alpha value is -1.80. The number of benzene rings is 2. The molecule has 0 radical (unpaired) electrons. The van der Waals surface area contributed by atoms with E-state index in [2.05, 4.69) is 0 Å². The molecule has 2 aromatic carbocycles. The van der Waals surface area contributed by atoms with Gasteiger partial charge in [-0.25, -0.2) is 0 Å². The zero-order chi connectivity index (χ0) is 13.1. The molecule has 0 aliphatic heterocycles. The Kier molecular flexibility index (Phi) is 3.68. The van der Waals surface area contributed by atoms with E-state index in [9.17, 15) is 4.79 Å². The van der Waals surface area contributed by atoms with Crippen molar-refractivity contribution in [3.8, 4) is 16.9 Å². The third-order valence-electron chi connectivity index (χ3n) is 2.79. The molecule has 0 saturated carbocycles. The van der Waals surface area contributed by atoms with Gasteiger partial charge < -0.3 is 4.74 Å². The minimum absolute atomic E-state index is 0.450. The number of carbonyl (C=O) groups excluding carboxylic acids is 1. The lowest BCUT2D eigenvalue weighted by Gasteiger charge is -2.10. The van der Waals surface area contributed by atoms with E-state index in [1.54, 1.807) is 19.2 Å². The molecule has 0 aromatic heterocycles. The van der Waals surface area contributed by atoms with Crippen LogP contribution in [0.3, 0.4) is 0 Å². The third-order valence-corrected chi connectivity index (χ3v) is 3.12. The van der Waals surface area contributed by atoms with Crippen molar-refractivity contribution in [3.63, 3.8) is 0 Å². The monoisotopic (exact) mass is 260 g/mol. The number of aryl methyl sites for hydroxylation is 1. The summed E-state index contributed by atoms with van der Waals surface area (Å²) in [5.41, 5.74) is 3.54. The summed E-state index contributed by atoms with van der Waals surface area (Å²) in [5.74, 6) is 0.788. The van der Waals surface area contributed by atoms with Gasteiger partial charge in [0, 0.05) is 11.1 Å². The number of halogens is 1. The van der Waals surface area contributed by atoms with E-state index < -0.39 is 0 Å². The standard InChI is InChI=1S/C15H13ClO2/c1-10-3-6-15(18-2)13(7-10)11-4-5-12(9-17)14(16)8-11/h3-9H,1-2H3. The second-order valence-electron chi connectivity index (χ2n) is 4.06. The molecule has 0 saturated heterocycles. The van der Waals surface area contributed by atoms with Gasteiger partial charge in [0.15, 0.2) is 6.29 Å². The molecule has 2 rings (SSSR count). The molecule has 0 heterocycles. The van der Waals surface area contributed by atoms with Crippen molar-refractivity contribution in [2.45, 2.75) is 6.92 Å². The van der Waals surface area contributed by atoms with Gasteiger partial charge in [-0.15, -0.1) is 0 Å². The fourth-order valence-electron chi connectivity index (χ4n) is 1.84. The van der Waals surface area contributed by atoms with Crippen molar-refractivity contribution in [2.75, 3.05) is 7.11 Å². The molecule has 0 amide bonds. The summed E-state index contributed by atoms with van der Waals surface area (Å²) in [7, 11) is 1.63. The molecule has 0 unspecified atom stereocenters. The summed E-state index contributed by atoms with van der Waals surface area (Å²) >= 11 is 6.04. The number of ether oxygens (including phenoxy) is 1. The predicted octanol–water partition coefficient (Wildman–Crippen LogP) is 4.14. The van der Waals surface area contributed by atoms with E-state index in [0.717, 1.165) is 28.7 Å². The molecule has 0 spiro atoms. The highest BCUT2D eigenvalue weighted by Gasteiger charge is 2.08. The van der Waals surface area contributed by atoms with Gasteiger partial charge in [0.1, 0.15) is 5.75 Å². The fraction of sp³-hybridized carbons (Fsp3) is 0.133.